The summed E-state index contributed by atoms with van der Waals surface area (Å²) in [6, 6.07) is 10.8. The van der Waals surface area contributed by atoms with Crippen LogP contribution in [0.3, 0.4) is 0 Å². The van der Waals surface area contributed by atoms with Gasteiger partial charge in [0.1, 0.15) is 6.54 Å². The molecule has 0 spiro atoms. The first-order valence-corrected chi connectivity index (χ1v) is 10.8. The average Bonchev–Trinajstić information content (AvgIpc) is 2.62. The van der Waals surface area contributed by atoms with Gasteiger partial charge < -0.3 is 5.32 Å². The molecule has 0 amide bonds. The molecule has 0 atom stereocenters. The highest BCUT2D eigenvalue weighted by molar-refractivity contribution is 5.12. The van der Waals surface area contributed by atoms with Crippen LogP contribution >= 0.6 is 0 Å². The van der Waals surface area contributed by atoms with Gasteiger partial charge in [0.15, 0.2) is 0 Å². The summed E-state index contributed by atoms with van der Waals surface area (Å²) in [5.41, 5.74) is 1.45. The van der Waals surface area contributed by atoms with Gasteiger partial charge in [-0.3, -0.25) is 0 Å². The van der Waals surface area contributed by atoms with Crippen LogP contribution in [0.4, 0.5) is 0 Å². The van der Waals surface area contributed by atoms with Gasteiger partial charge in [0.05, 0.1) is 6.54 Å². The summed E-state index contributed by atoms with van der Waals surface area (Å²) >= 11 is 0. The zero-order valence-corrected chi connectivity index (χ0v) is 16.3. The van der Waals surface area contributed by atoms with Gasteiger partial charge in [-0.2, -0.15) is 0 Å². The highest BCUT2D eigenvalue weighted by Gasteiger charge is 1.96. The van der Waals surface area contributed by atoms with Crippen molar-refractivity contribution in [1.82, 2.24) is 0 Å². The lowest BCUT2D eigenvalue weighted by Crippen LogP contribution is -2.82. The highest BCUT2D eigenvalue weighted by atomic mass is 14.8. The van der Waals surface area contributed by atoms with E-state index in [-0.39, 0.29) is 0 Å². The number of quaternary nitrogens is 1. The number of hydrogen-bond donors (Lipinski definition) is 1. The van der Waals surface area contributed by atoms with E-state index in [0.717, 1.165) is 6.54 Å². The van der Waals surface area contributed by atoms with Crippen molar-refractivity contribution in [1.29, 1.82) is 0 Å². The van der Waals surface area contributed by atoms with Crippen LogP contribution in [0.15, 0.2) is 30.3 Å². The predicted molar refractivity (Wildman–Crippen MR) is 107 cm³/mol. The molecule has 0 aromatic heterocycles. The summed E-state index contributed by atoms with van der Waals surface area (Å²) in [5, 5.41) is 2.45. The van der Waals surface area contributed by atoms with E-state index < -0.39 is 0 Å². The first-order valence-electron chi connectivity index (χ1n) is 10.8. The Morgan fingerprint density at radius 3 is 1.54 bits per heavy atom. The quantitative estimate of drug-likeness (QED) is 0.326. The van der Waals surface area contributed by atoms with Crippen molar-refractivity contribution < 1.29 is 5.32 Å². The molecule has 1 rings (SSSR count). The molecule has 1 heteroatoms. The molecule has 1 aromatic rings. The van der Waals surface area contributed by atoms with Crippen LogP contribution in [-0.2, 0) is 6.54 Å². The average molecular weight is 333 g/mol. The second-order valence-corrected chi connectivity index (χ2v) is 7.36. The second kappa shape index (κ2) is 17.0. The Bertz CT molecular complexity index is 346. The van der Waals surface area contributed by atoms with E-state index in [4.69, 9.17) is 0 Å². The van der Waals surface area contributed by atoms with Gasteiger partial charge in [0.25, 0.3) is 0 Å². The standard InChI is InChI=1S/C23H41N/c1-2-3-4-5-6-7-8-9-10-11-12-13-14-18-21-24-22-23-19-16-15-17-20-23/h15-17,19-20,24H,2-14,18,21-22H2,1H3/p+1. The van der Waals surface area contributed by atoms with Crippen molar-refractivity contribution in [2.24, 2.45) is 0 Å². The van der Waals surface area contributed by atoms with Gasteiger partial charge in [-0.25, -0.2) is 0 Å². The molecular formula is C23H42N+. The molecule has 0 saturated carbocycles. The molecule has 0 heterocycles. The van der Waals surface area contributed by atoms with E-state index in [9.17, 15) is 0 Å². The van der Waals surface area contributed by atoms with E-state index in [0.29, 0.717) is 0 Å². The van der Waals surface area contributed by atoms with Gasteiger partial charge in [-0.05, 0) is 12.8 Å². The van der Waals surface area contributed by atoms with Crippen molar-refractivity contribution in [3.05, 3.63) is 35.9 Å². The van der Waals surface area contributed by atoms with Crippen LogP contribution in [-0.4, -0.2) is 6.54 Å². The highest BCUT2D eigenvalue weighted by Crippen LogP contribution is 2.12. The first kappa shape index (κ1) is 21.2. The van der Waals surface area contributed by atoms with Gasteiger partial charge in [-0.15, -0.1) is 0 Å². The lowest BCUT2D eigenvalue weighted by atomic mass is 10.0. The molecule has 138 valence electrons. The van der Waals surface area contributed by atoms with Crippen LogP contribution < -0.4 is 5.32 Å². The van der Waals surface area contributed by atoms with Crippen molar-refractivity contribution in [2.45, 2.75) is 103 Å². The molecule has 0 aliphatic heterocycles. The minimum Gasteiger partial charge on any atom is -0.343 e. The van der Waals surface area contributed by atoms with E-state index in [1.165, 1.54) is 102 Å². The van der Waals surface area contributed by atoms with Gasteiger partial charge >= 0.3 is 0 Å². The molecular weight excluding hydrogens is 290 g/mol. The number of unbranched alkanes of at least 4 members (excludes halogenated alkanes) is 13. The zero-order chi connectivity index (χ0) is 17.1. The zero-order valence-electron chi connectivity index (χ0n) is 16.3. The molecule has 0 fully saturated rings. The van der Waals surface area contributed by atoms with Crippen LogP contribution in [0.5, 0.6) is 0 Å². The van der Waals surface area contributed by atoms with E-state index in [1.54, 1.807) is 0 Å². The van der Waals surface area contributed by atoms with Crippen molar-refractivity contribution >= 4 is 0 Å². The summed E-state index contributed by atoms with van der Waals surface area (Å²) in [7, 11) is 0. The molecule has 24 heavy (non-hydrogen) atoms. The van der Waals surface area contributed by atoms with Crippen LogP contribution in [0.2, 0.25) is 0 Å². The Balaban J connectivity index is 1.70. The molecule has 0 unspecified atom stereocenters. The Hall–Kier alpha value is -0.820. The van der Waals surface area contributed by atoms with E-state index in [2.05, 4.69) is 42.6 Å². The first-order chi connectivity index (χ1) is 11.9. The van der Waals surface area contributed by atoms with Crippen LogP contribution in [0.1, 0.15) is 102 Å². The molecule has 2 N–H and O–H groups in total. The maximum atomic E-state index is 2.45. The van der Waals surface area contributed by atoms with Gasteiger partial charge in [0, 0.05) is 5.56 Å². The lowest BCUT2D eigenvalue weighted by molar-refractivity contribution is -0.671. The molecule has 0 bridgehead atoms. The maximum Gasteiger partial charge on any atom is 0.101 e. The number of rotatable bonds is 17. The van der Waals surface area contributed by atoms with Crippen LogP contribution in [0.25, 0.3) is 0 Å². The molecule has 1 nitrogen and oxygen atoms in total. The van der Waals surface area contributed by atoms with Crippen LogP contribution in [0, 0.1) is 0 Å². The fourth-order valence-electron chi connectivity index (χ4n) is 3.37. The Labute approximate surface area is 151 Å². The van der Waals surface area contributed by atoms with E-state index >= 15 is 0 Å². The fraction of sp³-hybridized carbons (Fsp3) is 0.739. The van der Waals surface area contributed by atoms with Gasteiger partial charge in [-0.1, -0.05) is 114 Å². The van der Waals surface area contributed by atoms with Crippen molar-refractivity contribution in [3.63, 3.8) is 0 Å². The summed E-state index contributed by atoms with van der Waals surface area (Å²) in [6.45, 7) is 4.72. The third-order valence-corrected chi connectivity index (χ3v) is 4.98. The Kier molecular flexibility index (Phi) is 15.0. The normalized spacial score (nSPS) is 11.0. The molecule has 0 aliphatic rings. The summed E-state index contributed by atoms with van der Waals surface area (Å²) in [4.78, 5) is 0. The molecule has 0 aliphatic carbocycles. The minimum absolute atomic E-state index is 1.14. The summed E-state index contributed by atoms with van der Waals surface area (Å²) in [5.74, 6) is 0. The van der Waals surface area contributed by atoms with Gasteiger partial charge in [0.2, 0.25) is 0 Å². The van der Waals surface area contributed by atoms with Crippen molar-refractivity contribution in [3.8, 4) is 0 Å². The number of hydrogen-bond acceptors (Lipinski definition) is 0. The monoisotopic (exact) mass is 332 g/mol. The van der Waals surface area contributed by atoms with Crippen molar-refractivity contribution in [2.75, 3.05) is 6.54 Å². The fourth-order valence-corrected chi connectivity index (χ4v) is 3.37. The number of nitrogens with two attached hydrogens (primary N) is 1. The number of benzene rings is 1. The summed E-state index contributed by atoms with van der Waals surface area (Å²) in [6.07, 6.45) is 20.2. The maximum absolute atomic E-state index is 2.45. The summed E-state index contributed by atoms with van der Waals surface area (Å²) < 4.78 is 0. The SMILES string of the molecule is CCCCCCCCCCCCCCCC[NH2+]Cc1ccccc1. The minimum atomic E-state index is 1.14. The Morgan fingerprint density at radius 1 is 0.583 bits per heavy atom. The predicted octanol–water partition coefficient (Wildman–Crippen LogP) is 6.23. The third kappa shape index (κ3) is 13.6. The smallest absolute Gasteiger partial charge is 0.101 e. The van der Waals surface area contributed by atoms with E-state index in [1.807, 2.05) is 0 Å². The molecule has 0 radical (unpaired) electrons. The third-order valence-electron chi connectivity index (χ3n) is 4.98. The molecule has 0 saturated heterocycles. The largest absolute Gasteiger partial charge is 0.343 e. The lowest BCUT2D eigenvalue weighted by Gasteiger charge is -2.04. The molecule has 1 aromatic carbocycles. The topological polar surface area (TPSA) is 16.6 Å². The Morgan fingerprint density at radius 2 is 1.04 bits per heavy atom. The second-order valence-electron chi connectivity index (χ2n) is 7.36.